The Kier molecular flexibility index (Phi) is 4.78. The van der Waals surface area contributed by atoms with E-state index in [0.717, 1.165) is 15.6 Å². The molecule has 0 unspecified atom stereocenters. The van der Waals surface area contributed by atoms with Crippen LogP contribution in [0.2, 0.25) is 0 Å². The molecule has 94 valence electrons. The van der Waals surface area contributed by atoms with E-state index in [-0.39, 0.29) is 5.82 Å². The summed E-state index contributed by atoms with van der Waals surface area (Å²) in [6.45, 7) is 0.409. The second-order valence-corrected chi connectivity index (χ2v) is 5.22. The van der Waals surface area contributed by atoms with Crippen LogP contribution in [0.25, 0.3) is 0 Å². The van der Waals surface area contributed by atoms with Crippen molar-refractivity contribution < 1.29 is 9.13 Å². The summed E-state index contributed by atoms with van der Waals surface area (Å²) >= 11 is 6.75. The molecule has 0 saturated carbocycles. The van der Waals surface area contributed by atoms with Gasteiger partial charge in [-0.05, 0) is 23.8 Å². The van der Waals surface area contributed by atoms with Gasteiger partial charge < -0.3 is 4.74 Å². The molecule has 0 bridgehead atoms. The Labute approximate surface area is 122 Å². The number of halogens is 3. The minimum atomic E-state index is -0.283. The second kappa shape index (κ2) is 6.34. The Morgan fingerprint density at radius 1 is 1.11 bits per heavy atom. The molecule has 2 aromatic carbocycles. The second-order valence-electron chi connectivity index (χ2n) is 3.81. The van der Waals surface area contributed by atoms with E-state index in [0.29, 0.717) is 17.7 Å². The maximum Gasteiger partial charge on any atom is 0.127 e. The number of alkyl halides is 1. The lowest BCUT2D eigenvalue weighted by atomic mass is 10.2. The summed E-state index contributed by atoms with van der Waals surface area (Å²) in [5.74, 6) is 0.259. The molecule has 0 saturated heterocycles. The molecular formula is C14H11Br2FO. The van der Waals surface area contributed by atoms with Crippen molar-refractivity contribution in [3.05, 3.63) is 63.9 Å². The highest BCUT2D eigenvalue weighted by molar-refractivity contribution is 9.10. The maximum atomic E-state index is 13.3. The molecule has 0 atom stereocenters. The monoisotopic (exact) mass is 372 g/mol. The largest absolute Gasteiger partial charge is 0.489 e. The van der Waals surface area contributed by atoms with Gasteiger partial charge in [0, 0.05) is 21.4 Å². The van der Waals surface area contributed by atoms with Gasteiger partial charge in [-0.15, -0.1) is 0 Å². The van der Waals surface area contributed by atoms with Gasteiger partial charge in [-0.1, -0.05) is 50.1 Å². The highest BCUT2D eigenvalue weighted by Crippen LogP contribution is 2.22. The standard InChI is InChI=1S/C14H11Br2FO/c15-8-10-5-12(17)7-13(6-10)18-9-11-3-1-2-4-14(11)16/h1-7H,8-9H2. The Bertz CT molecular complexity index is 543. The quantitative estimate of drug-likeness (QED) is 0.680. The molecular weight excluding hydrogens is 363 g/mol. The molecule has 0 aliphatic heterocycles. The molecule has 0 heterocycles. The third-order valence-corrected chi connectivity index (χ3v) is 3.86. The number of benzene rings is 2. The Morgan fingerprint density at radius 2 is 1.89 bits per heavy atom. The first-order valence-electron chi connectivity index (χ1n) is 5.40. The highest BCUT2D eigenvalue weighted by atomic mass is 79.9. The van der Waals surface area contributed by atoms with Gasteiger partial charge >= 0.3 is 0 Å². The molecule has 0 aromatic heterocycles. The maximum absolute atomic E-state index is 13.3. The van der Waals surface area contributed by atoms with Crippen molar-refractivity contribution in [2.75, 3.05) is 0 Å². The zero-order valence-corrected chi connectivity index (χ0v) is 12.7. The zero-order valence-electron chi connectivity index (χ0n) is 9.50. The van der Waals surface area contributed by atoms with Crippen molar-refractivity contribution in [1.82, 2.24) is 0 Å². The van der Waals surface area contributed by atoms with E-state index in [9.17, 15) is 4.39 Å². The van der Waals surface area contributed by atoms with Gasteiger partial charge in [0.25, 0.3) is 0 Å². The van der Waals surface area contributed by atoms with Gasteiger partial charge in [0.05, 0.1) is 0 Å². The Balaban J connectivity index is 2.11. The van der Waals surface area contributed by atoms with E-state index in [1.54, 1.807) is 0 Å². The van der Waals surface area contributed by atoms with Crippen LogP contribution in [0.15, 0.2) is 46.9 Å². The normalized spacial score (nSPS) is 10.4. The summed E-state index contributed by atoms with van der Waals surface area (Å²) in [5.41, 5.74) is 1.89. The average Bonchev–Trinajstić information content (AvgIpc) is 2.37. The minimum Gasteiger partial charge on any atom is -0.489 e. The number of ether oxygens (including phenoxy) is 1. The van der Waals surface area contributed by atoms with E-state index < -0.39 is 0 Å². The highest BCUT2D eigenvalue weighted by Gasteiger charge is 2.03. The fourth-order valence-corrected chi connectivity index (χ4v) is 2.28. The van der Waals surface area contributed by atoms with Crippen LogP contribution in [0.3, 0.4) is 0 Å². The zero-order chi connectivity index (χ0) is 13.0. The molecule has 0 fully saturated rings. The summed E-state index contributed by atoms with van der Waals surface area (Å²) in [7, 11) is 0. The number of hydrogen-bond acceptors (Lipinski definition) is 1. The van der Waals surface area contributed by atoms with Gasteiger partial charge in [-0.25, -0.2) is 4.39 Å². The third-order valence-electron chi connectivity index (χ3n) is 2.44. The average molecular weight is 374 g/mol. The van der Waals surface area contributed by atoms with Crippen LogP contribution in [0.4, 0.5) is 4.39 Å². The van der Waals surface area contributed by atoms with Crippen molar-refractivity contribution in [3.63, 3.8) is 0 Å². The van der Waals surface area contributed by atoms with Gasteiger partial charge in [-0.3, -0.25) is 0 Å². The lowest BCUT2D eigenvalue weighted by Crippen LogP contribution is -1.97. The predicted molar refractivity (Wildman–Crippen MR) is 77.5 cm³/mol. The number of hydrogen-bond donors (Lipinski definition) is 0. The minimum absolute atomic E-state index is 0.283. The van der Waals surface area contributed by atoms with Crippen molar-refractivity contribution in [3.8, 4) is 5.75 Å². The summed E-state index contributed by atoms with van der Waals surface area (Å²) in [5, 5.41) is 0.607. The van der Waals surface area contributed by atoms with E-state index in [2.05, 4.69) is 31.9 Å². The molecule has 18 heavy (non-hydrogen) atoms. The number of rotatable bonds is 4. The molecule has 0 radical (unpaired) electrons. The molecule has 0 N–H and O–H groups in total. The van der Waals surface area contributed by atoms with Crippen molar-refractivity contribution in [2.24, 2.45) is 0 Å². The summed E-state index contributed by atoms with van der Waals surface area (Å²) in [4.78, 5) is 0. The molecule has 1 nitrogen and oxygen atoms in total. The molecule has 2 aromatic rings. The Morgan fingerprint density at radius 3 is 2.61 bits per heavy atom. The van der Waals surface area contributed by atoms with E-state index in [1.807, 2.05) is 30.3 Å². The topological polar surface area (TPSA) is 9.23 Å². The van der Waals surface area contributed by atoms with Gasteiger partial charge in [-0.2, -0.15) is 0 Å². The summed E-state index contributed by atoms with van der Waals surface area (Å²) in [6, 6.07) is 12.5. The van der Waals surface area contributed by atoms with Gasteiger partial charge in [0.1, 0.15) is 18.2 Å². The van der Waals surface area contributed by atoms with Crippen LogP contribution in [0.1, 0.15) is 11.1 Å². The van der Waals surface area contributed by atoms with Crippen LogP contribution in [-0.2, 0) is 11.9 Å². The van der Waals surface area contributed by atoms with Crippen LogP contribution in [0.5, 0.6) is 5.75 Å². The first-order valence-corrected chi connectivity index (χ1v) is 7.32. The lowest BCUT2D eigenvalue weighted by molar-refractivity contribution is 0.303. The fraction of sp³-hybridized carbons (Fsp3) is 0.143. The SMILES string of the molecule is Fc1cc(CBr)cc(OCc2ccccc2Br)c1. The molecule has 0 spiro atoms. The molecule has 0 aliphatic rings. The predicted octanol–water partition coefficient (Wildman–Crippen LogP) is 5.06. The van der Waals surface area contributed by atoms with Crippen LogP contribution >= 0.6 is 31.9 Å². The fourth-order valence-electron chi connectivity index (χ4n) is 1.56. The molecule has 0 aliphatic carbocycles. The third kappa shape index (κ3) is 3.56. The van der Waals surface area contributed by atoms with Gasteiger partial charge in [0.2, 0.25) is 0 Å². The van der Waals surface area contributed by atoms with Crippen molar-refractivity contribution in [2.45, 2.75) is 11.9 Å². The van der Waals surface area contributed by atoms with Crippen LogP contribution in [0, 0.1) is 5.82 Å². The first kappa shape index (κ1) is 13.6. The van der Waals surface area contributed by atoms with E-state index in [4.69, 9.17) is 4.74 Å². The van der Waals surface area contributed by atoms with Crippen molar-refractivity contribution in [1.29, 1.82) is 0 Å². The van der Waals surface area contributed by atoms with Crippen LogP contribution in [-0.4, -0.2) is 0 Å². The Hall–Kier alpha value is -0.870. The van der Waals surface area contributed by atoms with E-state index in [1.165, 1.54) is 12.1 Å². The van der Waals surface area contributed by atoms with E-state index >= 15 is 0 Å². The summed E-state index contributed by atoms with van der Waals surface area (Å²) in [6.07, 6.45) is 0. The van der Waals surface area contributed by atoms with Crippen molar-refractivity contribution >= 4 is 31.9 Å². The van der Waals surface area contributed by atoms with Gasteiger partial charge in [0.15, 0.2) is 0 Å². The molecule has 2 rings (SSSR count). The lowest BCUT2D eigenvalue weighted by Gasteiger charge is -2.09. The van der Waals surface area contributed by atoms with Crippen LogP contribution < -0.4 is 4.74 Å². The smallest absolute Gasteiger partial charge is 0.127 e. The summed E-state index contributed by atoms with van der Waals surface area (Å²) < 4.78 is 19.9. The molecule has 0 amide bonds. The molecule has 4 heteroatoms. The first-order chi connectivity index (χ1) is 8.69.